The summed E-state index contributed by atoms with van der Waals surface area (Å²) in [7, 11) is 0. The maximum atomic E-state index is 11.9. The molecule has 2 aromatic heterocycles. The number of rotatable bonds is 4. The highest BCUT2D eigenvalue weighted by Crippen LogP contribution is 2.18. The van der Waals surface area contributed by atoms with E-state index in [-0.39, 0.29) is 5.91 Å². The zero-order valence-corrected chi connectivity index (χ0v) is 12.0. The molecule has 102 valence electrons. The first kappa shape index (κ1) is 12.9. The van der Waals surface area contributed by atoms with Crippen LogP contribution in [0.4, 0.5) is 5.13 Å². The molecule has 1 N–H and O–H groups in total. The van der Waals surface area contributed by atoms with E-state index >= 15 is 0 Å². The first-order valence-electron chi connectivity index (χ1n) is 6.48. The van der Waals surface area contributed by atoms with E-state index in [2.05, 4.69) is 33.1 Å². The Bertz CT molecular complexity index is 744. The van der Waals surface area contributed by atoms with Crippen LogP contribution in [0.15, 0.2) is 42.7 Å². The van der Waals surface area contributed by atoms with Crippen molar-refractivity contribution in [3.63, 3.8) is 0 Å². The first-order valence-corrected chi connectivity index (χ1v) is 7.30. The second kappa shape index (κ2) is 5.46. The van der Waals surface area contributed by atoms with Crippen LogP contribution in [0.5, 0.6) is 0 Å². The van der Waals surface area contributed by atoms with E-state index in [1.54, 1.807) is 6.20 Å². The van der Waals surface area contributed by atoms with Crippen molar-refractivity contribution < 1.29 is 4.79 Å². The van der Waals surface area contributed by atoms with Gasteiger partial charge in [0.05, 0.1) is 0 Å². The fourth-order valence-corrected chi connectivity index (χ4v) is 2.83. The number of benzene rings is 1. The normalized spacial score (nSPS) is 10.8. The lowest BCUT2D eigenvalue weighted by Gasteiger charge is -2.05. The minimum atomic E-state index is -0.00266. The SMILES string of the molecule is Cc1cnc(NC(=O)CCn2ccc3ccccc32)s1. The molecule has 20 heavy (non-hydrogen) atoms. The molecule has 0 bridgehead atoms. The van der Waals surface area contributed by atoms with Crippen molar-refractivity contribution in [3.8, 4) is 0 Å². The molecule has 3 aromatic rings. The maximum Gasteiger partial charge on any atom is 0.227 e. The molecular formula is C15H15N3OS. The van der Waals surface area contributed by atoms with E-state index in [1.807, 2.05) is 25.3 Å². The van der Waals surface area contributed by atoms with Crippen LogP contribution in [0.3, 0.4) is 0 Å². The van der Waals surface area contributed by atoms with Crippen molar-refractivity contribution in [2.24, 2.45) is 0 Å². The highest BCUT2D eigenvalue weighted by Gasteiger charge is 2.06. The lowest BCUT2D eigenvalue weighted by atomic mass is 10.2. The zero-order valence-electron chi connectivity index (χ0n) is 11.2. The van der Waals surface area contributed by atoms with Gasteiger partial charge in [-0.05, 0) is 24.4 Å². The molecule has 0 aliphatic heterocycles. The number of nitrogens with zero attached hydrogens (tertiary/aromatic N) is 2. The molecule has 5 heteroatoms. The van der Waals surface area contributed by atoms with Crippen molar-refractivity contribution in [1.82, 2.24) is 9.55 Å². The number of hydrogen-bond donors (Lipinski definition) is 1. The van der Waals surface area contributed by atoms with Gasteiger partial charge in [0.25, 0.3) is 0 Å². The van der Waals surface area contributed by atoms with Crippen LogP contribution in [0.2, 0.25) is 0 Å². The summed E-state index contributed by atoms with van der Waals surface area (Å²) in [5, 5.41) is 4.70. The van der Waals surface area contributed by atoms with Crippen LogP contribution in [-0.4, -0.2) is 15.5 Å². The van der Waals surface area contributed by atoms with E-state index < -0.39 is 0 Å². The number of para-hydroxylation sites is 1. The number of aromatic nitrogens is 2. The zero-order chi connectivity index (χ0) is 13.9. The first-order chi connectivity index (χ1) is 9.72. The van der Waals surface area contributed by atoms with Gasteiger partial charge in [0, 0.05) is 35.8 Å². The van der Waals surface area contributed by atoms with Crippen molar-refractivity contribution in [3.05, 3.63) is 47.6 Å². The molecule has 0 saturated heterocycles. The van der Waals surface area contributed by atoms with Gasteiger partial charge >= 0.3 is 0 Å². The highest BCUT2D eigenvalue weighted by atomic mass is 32.1. The third kappa shape index (κ3) is 2.72. The van der Waals surface area contributed by atoms with Gasteiger partial charge in [-0.15, -0.1) is 11.3 Å². The summed E-state index contributed by atoms with van der Waals surface area (Å²) >= 11 is 1.49. The fourth-order valence-electron chi connectivity index (χ4n) is 2.15. The molecule has 0 spiro atoms. The second-order valence-corrected chi connectivity index (χ2v) is 5.88. The molecule has 0 aliphatic carbocycles. The Balaban J connectivity index is 1.63. The van der Waals surface area contributed by atoms with E-state index in [0.717, 1.165) is 10.4 Å². The van der Waals surface area contributed by atoms with E-state index in [9.17, 15) is 4.79 Å². The third-order valence-electron chi connectivity index (χ3n) is 3.13. The van der Waals surface area contributed by atoms with Gasteiger partial charge in [0.15, 0.2) is 5.13 Å². The predicted molar refractivity (Wildman–Crippen MR) is 82.0 cm³/mol. The number of carbonyl (C=O) groups is 1. The van der Waals surface area contributed by atoms with Crippen LogP contribution in [0.25, 0.3) is 10.9 Å². The second-order valence-electron chi connectivity index (χ2n) is 4.64. The Labute approximate surface area is 121 Å². The minimum absolute atomic E-state index is 0.00266. The quantitative estimate of drug-likeness (QED) is 0.798. The Kier molecular flexibility index (Phi) is 3.52. The smallest absolute Gasteiger partial charge is 0.227 e. The van der Waals surface area contributed by atoms with Gasteiger partial charge in [-0.2, -0.15) is 0 Å². The van der Waals surface area contributed by atoms with Crippen LogP contribution in [0, 0.1) is 6.92 Å². The maximum absolute atomic E-state index is 11.9. The predicted octanol–water partition coefficient (Wildman–Crippen LogP) is 3.44. The molecular weight excluding hydrogens is 270 g/mol. The number of aryl methyl sites for hydroxylation is 2. The standard InChI is InChI=1S/C15H15N3OS/c1-11-10-16-15(20-11)17-14(19)7-9-18-8-6-12-4-2-3-5-13(12)18/h2-6,8,10H,7,9H2,1H3,(H,16,17,19). The molecule has 0 aliphatic rings. The number of carbonyl (C=O) groups excluding carboxylic acids is 1. The molecule has 2 heterocycles. The number of amides is 1. The molecule has 0 atom stereocenters. The van der Waals surface area contributed by atoms with Crippen LogP contribution in [-0.2, 0) is 11.3 Å². The van der Waals surface area contributed by atoms with Crippen molar-refractivity contribution in [1.29, 1.82) is 0 Å². The Hall–Kier alpha value is -2.14. The molecule has 0 fully saturated rings. The van der Waals surface area contributed by atoms with Gasteiger partial charge in [0.2, 0.25) is 5.91 Å². The Morgan fingerprint density at radius 1 is 1.35 bits per heavy atom. The summed E-state index contributed by atoms with van der Waals surface area (Å²) < 4.78 is 2.10. The average Bonchev–Trinajstić information content (AvgIpc) is 3.03. The summed E-state index contributed by atoms with van der Waals surface area (Å²) in [4.78, 5) is 17.1. The van der Waals surface area contributed by atoms with Gasteiger partial charge in [0.1, 0.15) is 0 Å². The summed E-state index contributed by atoms with van der Waals surface area (Å²) in [6.07, 6.45) is 4.22. The molecule has 4 nitrogen and oxygen atoms in total. The molecule has 1 aromatic carbocycles. The summed E-state index contributed by atoms with van der Waals surface area (Å²) in [6.45, 7) is 2.64. The summed E-state index contributed by atoms with van der Waals surface area (Å²) in [5.41, 5.74) is 1.16. The van der Waals surface area contributed by atoms with Crippen molar-refractivity contribution in [2.75, 3.05) is 5.32 Å². The van der Waals surface area contributed by atoms with Gasteiger partial charge in [-0.25, -0.2) is 4.98 Å². The number of fused-ring (bicyclic) bond motifs is 1. The molecule has 0 unspecified atom stereocenters. The molecule has 1 amide bonds. The van der Waals surface area contributed by atoms with Crippen molar-refractivity contribution >= 4 is 33.3 Å². The van der Waals surface area contributed by atoms with E-state index in [0.29, 0.717) is 18.1 Å². The third-order valence-corrected chi connectivity index (χ3v) is 3.96. The number of hydrogen-bond acceptors (Lipinski definition) is 3. The Morgan fingerprint density at radius 3 is 3.00 bits per heavy atom. The monoisotopic (exact) mass is 285 g/mol. The minimum Gasteiger partial charge on any atom is -0.347 e. The molecule has 3 rings (SSSR count). The molecule has 0 radical (unpaired) electrons. The number of anilines is 1. The lowest BCUT2D eigenvalue weighted by molar-refractivity contribution is -0.116. The highest BCUT2D eigenvalue weighted by molar-refractivity contribution is 7.15. The van der Waals surface area contributed by atoms with Gasteiger partial charge in [-0.1, -0.05) is 18.2 Å². The summed E-state index contributed by atoms with van der Waals surface area (Å²) in [5.74, 6) is -0.00266. The van der Waals surface area contributed by atoms with Gasteiger partial charge < -0.3 is 9.88 Å². The summed E-state index contributed by atoms with van der Waals surface area (Å²) in [6, 6.07) is 10.2. The van der Waals surface area contributed by atoms with Crippen LogP contribution >= 0.6 is 11.3 Å². The van der Waals surface area contributed by atoms with Gasteiger partial charge in [-0.3, -0.25) is 4.79 Å². The van der Waals surface area contributed by atoms with E-state index in [4.69, 9.17) is 0 Å². The number of thiazole rings is 1. The largest absolute Gasteiger partial charge is 0.347 e. The Morgan fingerprint density at radius 2 is 2.20 bits per heavy atom. The number of nitrogens with one attached hydrogen (secondary N) is 1. The molecule has 0 saturated carbocycles. The van der Waals surface area contributed by atoms with Crippen LogP contribution in [0.1, 0.15) is 11.3 Å². The fraction of sp³-hybridized carbons (Fsp3) is 0.200. The van der Waals surface area contributed by atoms with Crippen molar-refractivity contribution in [2.45, 2.75) is 19.9 Å². The van der Waals surface area contributed by atoms with Crippen LogP contribution < -0.4 is 5.32 Å². The van der Waals surface area contributed by atoms with E-state index in [1.165, 1.54) is 16.7 Å². The average molecular weight is 285 g/mol. The topological polar surface area (TPSA) is 46.9 Å². The lowest BCUT2D eigenvalue weighted by Crippen LogP contribution is -2.13.